The van der Waals surface area contributed by atoms with Gasteiger partial charge < -0.3 is 14.6 Å². The van der Waals surface area contributed by atoms with Crippen molar-refractivity contribution in [2.24, 2.45) is 0 Å². The molecule has 1 aliphatic rings. The molecule has 216 valence electrons. The van der Waals surface area contributed by atoms with E-state index in [2.05, 4.69) is 41.4 Å². The van der Waals surface area contributed by atoms with Gasteiger partial charge >= 0.3 is 5.91 Å². The van der Waals surface area contributed by atoms with Crippen LogP contribution >= 0.6 is 23.1 Å². The lowest BCUT2D eigenvalue weighted by Crippen LogP contribution is -2.29. The molecule has 0 spiro atoms. The number of rotatable bonds is 11. The summed E-state index contributed by atoms with van der Waals surface area (Å²) in [5.41, 5.74) is 3.29. The van der Waals surface area contributed by atoms with Crippen LogP contribution in [0.4, 0.5) is 5.13 Å². The number of unbranched alkanes of at least 4 members (excludes halogenated alkanes) is 1. The molecule has 1 N–H and O–H groups in total. The van der Waals surface area contributed by atoms with Gasteiger partial charge in [-0.25, -0.2) is 0 Å². The number of hydrogen-bond donors (Lipinski definition) is 1. The molecule has 1 atom stereocenters. The van der Waals surface area contributed by atoms with Gasteiger partial charge in [0.1, 0.15) is 5.76 Å². The number of aryl methyl sites for hydroxylation is 1. The Bertz CT molecular complexity index is 1600. The van der Waals surface area contributed by atoms with Gasteiger partial charge in [0.2, 0.25) is 5.13 Å². The number of aromatic nitrogens is 2. The maximum atomic E-state index is 13.6. The number of amides is 1. The summed E-state index contributed by atoms with van der Waals surface area (Å²) >= 11 is 2.73. The molecule has 42 heavy (non-hydrogen) atoms. The summed E-state index contributed by atoms with van der Waals surface area (Å²) < 4.78 is 12.2. The molecule has 1 aromatic heterocycles. The number of carbonyl (C=O) groups excluding carboxylic acids is 2. The average Bonchev–Trinajstić information content (AvgIpc) is 3.59. The zero-order chi connectivity index (χ0) is 29.6. The fourth-order valence-electron chi connectivity index (χ4n) is 4.58. The second kappa shape index (κ2) is 13.2. The number of anilines is 1. The van der Waals surface area contributed by atoms with Crippen LogP contribution in [0.1, 0.15) is 48.1 Å². The number of Topliss-reactive ketones (excluding diaryl/α,β-unsaturated/α-hetero) is 1. The molecule has 1 aliphatic heterocycles. The molecule has 1 unspecified atom stereocenters. The van der Waals surface area contributed by atoms with Crippen molar-refractivity contribution in [3.05, 3.63) is 101 Å². The van der Waals surface area contributed by atoms with Crippen LogP contribution in [0.2, 0.25) is 0 Å². The zero-order valence-corrected chi connectivity index (χ0v) is 25.2. The highest BCUT2D eigenvalue weighted by atomic mass is 32.2. The molecular weight excluding hydrogens is 571 g/mol. The number of benzene rings is 3. The van der Waals surface area contributed by atoms with Gasteiger partial charge in [0.05, 0.1) is 25.3 Å². The Balaban J connectivity index is 1.54. The number of ketones is 1. The van der Waals surface area contributed by atoms with E-state index in [-0.39, 0.29) is 16.5 Å². The third-order valence-corrected chi connectivity index (χ3v) is 8.96. The maximum Gasteiger partial charge on any atom is 0.301 e. The zero-order valence-electron chi connectivity index (χ0n) is 23.6. The van der Waals surface area contributed by atoms with Crippen LogP contribution in [0.25, 0.3) is 5.76 Å². The Kier molecular flexibility index (Phi) is 9.24. The highest BCUT2D eigenvalue weighted by molar-refractivity contribution is 8.00. The molecule has 2 heterocycles. The van der Waals surface area contributed by atoms with Crippen LogP contribution < -0.4 is 14.4 Å². The molecule has 0 radical (unpaired) electrons. The van der Waals surface area contributed by atoms with E-state index < -0.39 is 17.7 Å². The number of methoxy groups -OCH3 is 1. The first-order valence-corrected chi connectivity index (χ1v) is 15.4. The first-order chi connectivity index (χ1) is 20.4. The molecule has 0 aliphatic carbocycles. The first kappa shape index (κ1) is 29.3. The highest BCUT2D eigenvalue weighted by Gasteiger charge is 2.48. The van der Waals surface area contributed by atoms with E-state index in [1.807, 2.05) is 13.0 Å². The minimum atomic E-state index is -0.952. The van der Waals surface area contributed by atoms with Crippen LogP contribution in [0, 0.1) is 6.92 Å². The summed E-state index contributed by atoms with van der Waals surface area (Å²) in [6, 6.07) is 21.3. The van der Waals surface area contributed by atoms with Gasteiger partial charge in [0.25, 0.3) is 5.78 Å². The van der Waals surface area contributed by atoms with E-state index in [4.69, 9.17) is 9.47 Å². The molecule has 0 bridgehead atoms. The lowest BCUT2D eigenvalue weighted by molar-refractivity contribution is -0.132. The van der Waals surface area contributed by atoms with Crippen molar-refractivity contribution < 1.29 is 24.2 Å². The predicted octanol–water partition coefficient (Wildman–Crippen LogP) is 6.95. The fraction of sp³-hybridized carbons (Fsp3) is 0.250. The van der Waals surface area contributed by atoms with Crippen LogP contribution in [0.5, 0.6) is 11.5 Å². The average molecular weight is 602 g/mol. The van der Waals surface area contributed by atoms with Crippen LogP contribution in [0.15, 0.2) is 82.7 Å². The quantitative estimate of drug-likeness (QED) is 0.0492. The largest absolute Gasteiger partial charge is 0.507 e. The highest BCUT2D eigenvalue weighted by Crippen LogP contribution is 2.45. The molecule has 8 nitrogen and oxygen atoms in total. The van der Waals surface area contributed by atoms with Gasteiger partial charge in [-0.15, -0.1) is 10.2 Å². The molecule has 10 heteroatoms. The Labute approximate surface area is 253 Å². The molecule has 4 aromatic rings. The monoisotopic (exact) mass is 601 g/mol. The van der Waals surface area contributed by atoms with E-state index in [1.165, 1.54) is 40.7 Å². The number of aliphatic hydroxyl groups excluding tert-OH is 1. The number of nitrogens with zero attached hydrogens (tertiary/aromatic N) is 3. The number of carbonyl (C=O) groups is 2. The van der Waals surface area contributed by atoms with Crippen molar-refractivity contribution in [3.63, 3.8) is 0 Å². The number of aliphatic hydroxyl groups is 1. The second-order valence-corrected chi connectivity index (χ2v) is 12.0. The third-order valence-electron chi connectivity index (χ3n) is 6.84. The summed E-state index contributed by atoms with van der Waals surface area (Å²) in [6.07, 6.45) is 1.88. The van der Waals surface area contributed by atoms with E-state index in [0.29, 0.717) is 39.3 Å². The van der Waals surface area contributed by atoms with Gasteiger partial charge in [-0.2, -0.15) is 0 Å². The van der Waals surface area contributed by atoms with Crippen molar-refractivity contribution in [1.82, 2.24) is 10.2 Å². The maximum absolute atomic E-state index is 13.6. The standard InChI is InChI=1S/C32H31N3O5S2/c1-4-5-17-40-24-16-15-23(18-25(24)39-3)27-26(28(36)22-9-7-6-8-10-22)29(37)30(38)35(27)31-33-34-32(42-31)41-19-21-13-11-20(2)12-14-21/h6-16,18,27,36H,4-5,17,19H2,1-3H3/b28-26-. The van der Waals surface area contributed by atoms with Crippen molar-refractivity contribution in [2.75, 3.05) is 18.6 Å². The Morgan fingerprint density at radius 2 is 1.79 bits per heavy atom. The molecule has 1 amide bonds. The van der Waals surface area contributed by atoms with E-state index in [0.717, 1.165) is 18.4 Å². The third kappa shape index (κ3) is 6.19. The van der Waals surface area contributed by atoms with Gasteiger partial charge in [0.15, 0.2) is 15.8 Å². The van der Waals surface area contributed by atoms with E-state index in [9.17, 15) is 14.7 Å². The number of hydrogen-bond acceptors (Lipinski definition) is 9. The van der Waals surface area contributed by atoms with Crippen molar-refractivity contribution in [1.29, 1.82) is 0 Å². The lowest BCUT2D eigenvalue weighted by atomic mass is 9.95. The lowest BCUT2D eigenvalue weighted by Gasteiger charge is -2.23. The molecule has 5 rings (SSSR count). The Morgan fingerprint density at radius 3 is 2.50 bits per heavy atom. The van der Waals surface area contributed by atoms with Gasteiger partial charge in [-0.05, 0) is 36.6 Å². The van der Waals surface area contributed by atoms with Gasteiger partial charge in [-0.1, -0.05) is 103 Å². The van der Waals surface area contributed by atoms with Gasteiger partial charge in [0, 0.05) is 11.3 Å². The van der Waals surface area contributed by atoms with Gasteiger partial charge in [-0.3, -0.25) is 14.5 Å². The van der Waals surface area contributed by atoms with Crippen LogP contribution in [-0.4, -0.2) is 40.7 Å². The molecule has 0 saturated carbocycles. The van der Waals surface area contributed by atoms with Crippen molar-refractivity contribution >= 4 is 45.7 Å². The van der Waals surface area contributed by atoms with Crippen molar-refractivity contribution in [2.45, 2.75) is 42.8 Å². The first-order valence-electron chi connectivity index (χ1n) is 13.6. The molecule has 1 saturated heterocycles. The summed E-state index contributed by atoms with van der Waals surface area (Å²) in [5.74, 6) is -0.149. The summed E-state index contributed by atoms with van der Waals surface area (Å²) in [5, 5.41) is 20.2. The number of thioether (sulfide) groups is 1. The minimum Gasteiger partial charge on any atom is -0.507 e. The second-order valence-electron chi connectivity index (χ2n) is 9.77. The van der Waals surface area contributed by atoms with Crippen molar-refractivity contribution in [3.8, 4) is 11.5 Å². The van der Waals surface area contributed by atoms with E-state index >= 15 is 0 Å². The summed E-state index contributed by atoms with van der Waals surface area (Å²) in [6.45, 7) is 4.66. The molecule has 3 aromatic carbocycles. The predicted molar refractivity (Wildman–Crippen MR) is 165 cm³/mol. The van der Waals surface area contributed by atoms with Crippen LogP contribution in [-0.2, 0) is 15.3 Å². The van der Waals surface area contributed by atoms with Crippen LogP contribution in [0.3, 0.4) is 0 Å². The normalized spacial score (nSPS) is 16.2. The Hall–Kier alpha value is -4.15. The Morgan fingerprint density at radius 1 is 1.02 bits per heavy atom. The summed E-state index contributed by atoms with van der Waals surface area (Å²) in [7, 11) is 1.54. The fourth-order valence-corrected chi connectivity index (χ4v) is 6.41. The summed E-state index contributed by atoms with van der Waals surface area (Å²) in [4.78, 5) is 28.4. The SMILES string of the molecule is CCCCOc1ccc(C2/C(=C(/O)c3ccccc3)C(=O)C(=O)N2c2nnc(SCc3ccc(C)cc3)s2)cc1OC. The molecule has 1 fully saturated rings. The number of ether oxygens (including phenoxy) is 2. The minimum absolute atomic E-state index is 0.0306. The smallest absolute Gasteiger partial charge is 0.301 e. The van der Waals surface area contributed by atoms with E-state index in [1.54, 1.807) is 42.5 Å². The molecular formula is C32H31N3O5S2. The topological polar surface area (TPSA) is 102 Å².